The van der Waals surface area contributed by atoms with E-state index in [1.54, 1.807) is 7.11 Å². The first kappa shape index (κ1) is 14.0. The van der Waals surface area contributed by atoms with Crippen LogP contribution in [0.1, 0.15) is 0 Å². The van der Waals surface area contributed by atoms with Gasteiger partial charge >= 0.3 is 0 Å². The third-order valence-electron chi connectivity index (χ3n) is 3.54. The standard InChI is InChI=1S/C15H19N3O3/c1-19-15-13-3-2-12(10-14(13)16-11-17-15)21-9-6-18-4-7-20-8-5-18/h2-3,10-11H,4-9H2,1H3. The van der Waals surface area contributed by atoms with E-state index in [0.29, 0.717) is 12.5 Å². The number of ether oxygens (including phenoxy) is 3. The number of nitrogens with zero attached hydrogens (tertiary/aromatic N) is 3. The van der Waals surface area contributed by atoms with Gasteiger partial charge in [0.2, 0.25) is 5.88 Å². The number of morpholine rings is 1. The van der Waals surface area contributed by atoms with Crippen LogP contribution in [0, 0.1) is 0 Å². The Kier molecular flexibility index (Phi) is 4.47. The van der Waals surface area contributed by atoms with Gasteiger partial charge < -0.3 is 14.2 Å². The molecule has 0 radical (unpaired) electrons. The van der Waals surface area contributed by atoms with Gasteiger partial charge in [-0.15, -0.1) is 0 Å². The molecule has 1 aliphatic heterocycles. The van der Waals surface area contributed by atoms with Crippen LogP contribution in [0.3, 0.4) is 0 Å². The fourth-order valence-electron chi connectivity index (χ4n) is 2.38. The summed E-state index contributed by atoms with van der Waals surface area (Å²) in [6, 6.07) is 5.77. The monoisotopic (exact) mass is 289 g/mol. The first-order valence-electron chi connectivity index (χ1n) is 7.08. The van der Waals surface area contributed by atoms with Crippen molar-refractivity contribution < 1.29 is 14.2 Å². The van der Waals surface area contributed by atoms with Crippen LogP contribution in [0.25, 0.3) is 10.9 Å². The zero-order valence-corrected chi connectivity index (χ0v) is 12.1. The molecular formula is C15H19N3O3. The summed E-state index contributed by atoms with van der Waals surface area (Å²) in [7, 11) is 1.61. The van der Waals surface area contributed by atoms with E-state index in [0.717, 1.165) is 49.5 Å². The lowest BCUT2D eigenvalue weighted by Gasteiger charge is -2.26. The summed E-state index contributed by atoms with van der Waals surface area (Å²) in [6.07, 6.45) is 1.50. The van der Waals surface area contributed by atoms with Crippen molar-refractivity contribution in [3.05, 3.63) is 24.5 Å². The van der Waals surface area contributed by atoms with Crippen molar-refractivity contribution in [3.63, 3.8) is 0 Å². The molecule has 3 rings (SSSR count). The fraction of sp³-hybridized carbons (Fsp3) is 0.467. The molecule has 0 aliphatic carbocycles. The molecular weight excluding hydrogens is 270 g/mol. The summed E-state index contributed by atoms with van der Waals surface area (Å²) in [6.45, 7) is 5.15. The van der Waals surface area contributed by atoms with Gasteiger partial charge in [-0.25, -0.2) is 9.97 Å². The Hall–Kier alpha value is -1.92. The smallest absolute Gasteiger partial charge is 0.224 e. The van der Waals surface area contributed by atoms with Crippen molar-refractivity contribution in [1.82, 2.24) is 14.9 Å². The van der Waals surface area contributed by atoms with Crippen LogP contribution in [0.15, 0.2) is 24.5 Å². The van der Waals surface area contributed by atoms with Crippen LogP contribution in [-0.4, -0.2) is 61.4 Å². The zero-order chi connectivity index (χ0) is 14.5. The molecule has 1 aromatic heterocycles. The second-order valence-electron chi connectivity index (χ2n) is 4.86. The molecule has 1 fully saturated rings. The number of aromatic nitrogens is 2. The molecule has 2 heterocycles. The van der Waals surface area contributed by atoms with E-state index in [2.05, 4.69) is 14.9 Å². The predicted molar refractivity (Wildman–Crippen MR) is 78.8 cm³/mol. The maximum Gasteiger partial charge on any atom is 0.224 e. The third-order valence-corrected chi connectivity index (χ3v) is 3.54. The number of fused-ring (bicyclic) bond motifs is 1. The predicted octanol–water partition coefficient (Wildman–Crippen LogP) is 1.35. The second-order valence-corrected chi connectivity index (χ2v) is 4.86. The summed E-state index contributed by atoms with van der Waals surface area (Å²) >= 11 is 0. The molecule has 0 amide bonds. The van der Waals surface area contributed by atoms with Crippen molar-refractivity contribution in [1.29, 1.82) is 0 Å². The van der Waals surface area contributed by atoms with Crippen LogP contribution < -0.4 is 9.47 Å². The van der Waals surface area contributed by atoms with Crippen molar-refractivity contribution in [2.45, 2.75) is 0 Å². The second kappa shape index (κ2) is 6.69. The maximum absolute atomic E-state index is 5.81. The van der Waals surface area contributed by atoms with Gasteiger partial charge in [0.25, 0.3) is 0 Å². The van der Waals surface area contributed by atoms with Gasteiger partial charge in [0.15, 0.2) is 0 Å². The molecule has 0 N–H and O–H groups in total. The first-order chi connectivity index (χ1) is 10.4. The molecule has 1 saturated heterocycles. The Labute approximate surface area is 123 Å². The summed E-state index contributed by atoms with van der Waals surface area (Å²) in [5.41, 5.74) is 0.825. The van der Waals surface area contributed by atoms with E-state index in [1.807, 2.05) is 18.2 Å². The Morgan fingerprint density at radius 1 is 1.24 bits per heavy atom. The van der Waals surface area contributed by atoms with Crippen LogP contribution in [0.2, 0.25) is 0 Å². The highest BCUT2D eigenvalue weighted by Gasteiger charge is 2.10. The molecule has 0 saturated carbocycles. The SMILES string of the molecule is COc1ncnc2cc(OCCN3CCOCC3)ccc12. The highest BCUT2D eigenvalue weighted by Crippen LogP contribution is 2.24. The highest BCUT2D eigenvalue weighted by molar-refractivity contribution is 5.84. The van der Waals surface area contributed by atoms with Crippen molar-refractivity contribution in [2.75, 3.05) is 46.6 Å². The van der Waals surface area contributed by atoms with E-state index in [1.165, 1.54) is 6.33 Å². The van der Waals surface area contributed by atoms with E-state index in [4.69, 9.17) is 14.2 Å². The van der Waals surface area contributed by atoms with Crippen molar-refractivity contribution in [3.8, 4) is 11.6 Å². The van der Waals surface area contributed by atoms with E-state index >= 15 is 0 Å². The van der Waals surface area contributed by atoms with Crippen molar-refractivity contribution >= 4 is 10.9 Å². The number of methoxy groups -OCH3 is 1. The van der Waals surface area contributed by atoms with Gasteiger partial charge in [0.1, 0.15) is 18.7 Å². The van der Waals surface area contributed by atoms with Gasteiger partial charge in [-0.2, -0.15) is 0 Å². The fourth-order valence-corrected chi connectivity index (χ4v) is 2.38. The van der Waals surface area contributed by atoms with Crippen LogP contribution in [0.5, 0.6) is 11.6 Å². The van der Waals surface area contributed by atoms with E-state index in [9.17, 15) is 0 Å². The third kappa shape index (κ3) is 3.40. The molecule has 2 aromatic rings. The maximum atomic E-state index is 5.81. The quantitative estimate of drug-likeness (QED) is 0.828. The summed E-state index contributed by atoms with van der Waals surface area (Å²) in [5.74, 6) is 1.40. The van der Waals surface area contributed by atoms with Gasteiger partial charge in [0.05, 0.1) is 31.2 Å². The van der Waals surface area contributed by atoms with Crippen molar-refractivity contribution in [2.24, 2.45) is 0 Å². The summed E-state index contributed by atoms with van der Waals surface area (Å²) < 4.78 is 16.3. The highest BCUT2D eigenvalue weighted by atomic mass is 16.5. The lowest BCUT2D eigenvalue weighted by Crippen LogP contribution is -2.38. The molecule has 0 bridgehead atoms. The Morgan fingerprint density at radius 3 is 2.90 bits per heavy atom. The van der Waals surface area contributed by atoms with E-state index in [-0.39, 0.29) is 0 Å². The lowest BCUT2D eigenvalue weighted by atomic mass is 10.2. The molecule has 0 unspecified atom stereocenters. The molecule has 6 nitrogen and oxygen atoms in total. The van der Waals surface area contributed by atoms with Gasteiger partial charge in [0, 0.05) is 25.7 Å². The average molecular weight is 289 g/mol. The molecule has 112 valence electrons. The summed E-state index contributed by atoms with van der Waals surface area (Å²) in [5, 5.41) is 0.889. The van der Waals surface area contributed by atoms with Crippen LogP contribution >= 0.6 is 0 Å². The molecule has 1 aliphatic rings. The summed E-state index contributed by atoms with van der Waals surface area (Å²) in [4.78, 5) is 10.7. The number of hydrogen-bond donors (Lipinski definition) is 0. The van der Waals surface area contributed by atoms with Crippen LogP contribution in [0.4, 0.5) is 0 Å². The van der Waals surface area contributed by atoms with E-state index < -0.39 is 0 Å². The lowest BCUT2D eigenvalue weighted by molar-refractivity contribution is 0.0322. The number of rotatable bonds is 5. The molecule has 1 aromatic carbocycles. The van der Waals surface area contributed by atoms with Gasteiger partial charge in [-0.05, 0) is 12.1 Å². The zero-order valence-electron chi connectivity index (χ0n) is 12.1. The Balaban J connectivity index is 1.62. The van der Waals surface area contributed by atoms with Crippen LogP contribution in [-0.2, 0) is 4.74 Å². The van der Waals surface area contributed by atoms with Gasteiger partial charge in [-0.1, -0.05) is 0 Å². The topological polar surface area (TPSA) is 56.7 Å². The Bertz CT molecular complexity index is 600. The minimum atomic E-state index is 0.583. The molecule has 21 heavy (non-hydrogen) atoms. The first-order valence-corrected chi connectivity index (χ1v) is 7.08. The minimum Gasteiger partial charge on any atom is -0.492 e. The van der Waals surface area contributed by atoms with Gasteiger partial charge in [-0.3, -0.25) is 4.90 Å². The largest absolute Gasteiger partial charge is 0.492 e. The number of benzene rings is 1. The Morgan fingerprint density at radius 2 is 2.10 bits per heavy atom. The normalized spacial score (nSPS) is 16.0. The molecule has 0 atom stereocenters. The number of hydrogen-bond acceptors (Lipinski definition) is 6. The molecule has 6 heteroatoms. The molecule has 0 spiro atoms. The average Bonchev–Trinajstić information content (AvgIpc) is 2.55. The minimum absolute atomic E-state index is 0.583.